The smallest absolute Gasteiger partial charge is 0.344 e. The highest BCUT2D eigenvalue weighted by Crippen LogP contribution is 2.70. The molecule has 330 valence electrons. The lowest BCUT2D eigenvalue weighted by Crippen LogP contribution is -2.79. The number of esters is 3. The molecule has 2 aromatic rings. The van der Waals surface area contributed by atoms with Gasteiger partial charge in [0.05, 0.1) is 32.0 Å². The Hall–Kier alpha value is -4.01. The van der Waals surface area contributed by atoms with E-state index in [4.69, 9.17) is 18.9 Å². The van der Waals surface area contributed by atoms with Gasteiger partial charge in [-0.25, -0.2) is 4.79 Å². The van der Waals surface area contributed by atoms with E-state index in [1.807, 2.05) is 25.8 Å². The Kier molecular flexibility index (Phi) is 10.3. The molecule has 3 N–H and O–H groups in total. The van der Waals surface area contributed by atoms with E-state index in [1.165, 1.54) is 26.7 Å². The summed E-state index contributed by atoms with van der Waals surface area (Å²) < 4.78 is 24.2. The number of hydrogen-bond donors (Lipinski definition) is 3. The number of rotatable bonds is 8. The van der Waals surface area contributed by atoms with Crippen molar-refractivity contribution in [2.45, 2.75) is 114 Å². The Bertz CT molecular complexity index is 2230. The van der Waals surface area contributed by atoms with Crippen LogP contribution in [0, 0.1) is 22.7 Å². The first-order chi connectivity index (χ1) is 29.2. The highest BCUT2D eigenvalue weighted by Gasteiger charge is 2.81. The van der Waals surface area contributed by atoms with Gasteiger partial charge in [0, 0.05) is 92.3 Å². The predicted molar refractivity (Wildman–Crippen MR) is 228 cm³/mol. The first-order valence-electron chi connectivity index (χ1n) is 22.4. The van der Waals surface area contributed by atoms with Gasteiger partial charge in [-0.2, -0.15) is 0 Å². The Morgan fingerprint density at radius 1 is 0.967 bits per heavy atom. The molecule has 1 aromatic carbocycles. The van der Waals surface area contributed by atoms with E-state index in [-0.39, 0.29) is 17.9 Å². The summed E-state index contributed by atoms with van der Waals surface area (Å²) in [6.07, 6.45) is 10.7. The monoisotopic (exact) mass is 840 g/mol. The molecule has 4 fully saturated rings. The number of nitrogens with one attached hydrogen (secondary N) is 1. The Morgan fingerprint density at radius 3 is 2.41 bits per heavy atom. The van der Waals surface area contributed by atoms with Gasteiger partial charge in [-0.15, -0.1) is 0 Å². The van der Waals surface area contributed by atoms with Gasteiger partial charge in [0.2, 0.25) is 5.60 Å². The van der Waals surface area contributed by atoms with E-state index in [0.717, 1.165) is 52.9 Å². The number of fused-ring (bicyclic) bond motifs is 6. The quantitative estimate of drug-likeness (QED) is 0.199. The number of hydrogen-bond acceptors (Lipinski definition) is 12. The van der Waals surface area contributed by atoms with Gasteiger partial charge in [0.15, 0.2) is 6.10 Å². The summed E-state index contributed by atoms with van der Waals surface area (Å²) in [4.78, 5) is 53.6. The number of carbonyl (C=O) groups is 3. The average molecular weight is 841 g/mol. The number of carbonyl (C=O) groups excluding carboxylic acids is 3. The summed E-state index contributed by atoms with van der Waals surface area (Å²) in [6, 6.07) is 5.32. The van der Waals surface area contributed by atoms with Crippen LogP contribution in [-0.4, -0.2) is 144 Å². The van der Waals surface area contributed by atoms with Crippen LogP contribution in [0.4, 0.5) is 0 Å². The third-order valence-corrected chi connectivity index (χ3v) is 16.6. The molecule has 61 heavy (non-hydrogen) atoms. The minimum Gasteiger partial charge on any atom is -0.468 e. The van der Waals surface area contributed by atoms with E-state index in [2.05, 4.69) is 64.2 Å². The van der Waals surface area contributed by atoms with Crippen molar-refractivity contribution < 1.29 is 43.5 Å². The molecule has 13 heteroatoms. The Morgan fingerprint density at radius 2 is 1.74 bits per heavy atom. The SMILES string of the molecule is CCc1ccc2[nH]c3c(c2c1)CCN1C[C@H](C[C@@](O)(CC)C1)C[C@]3(C(=O)OC)C1C=C2C(=CC1OC)N(C)[C@H]1[C@@](O)(C(=O)OC)[C@H](OC(C)=O)[C@]3(CC)C=CCN4CC[C@]21C43. The normalized spacial score (nSPS) is 40.0. The summed E-state index contributed by atoms with van der Waals surface area (Å²) >= 11 is 0. The third-order valence-electron chi connectivity index (χ3n) is 16.6. The van der Waals surface area contributed by atoms with Crippen LogP contribution in [0.15, 0.2) is 53.8 Å². The van der Waals surface area contributed by atoms with E-state index >= 15 is 4.79 Å². The van der Waals surface area contributed by atoms with Crippen LogP contribution in [0.3, 0.4) is 0 Å². The number of H-pyrrole nitrogens is 1. The van der Waals surface area contributed by atoms with Crippen LogP contribution < -0.4 is 0 Å². The summed E-state index contributed by atoms with van der Waals surface area (Å²) in [6.45, 7) is 10.9. The molecule has 2 aliphatic carbocycles. The summed E-state index contributed by atoms with van der Waals surface area (Å²) in [5.41, 5.74) is -0.578. The first-order valence-corrected chi connectivity index (χ1v) is 22.4. The van der Waals surface area contributed by atoms with Crippen molar-refractivity contribution in [1.29, 1.82) is 0 Å². The summed E-state index contributed by atoms with van der Waals surface area (Å²) in [5.74, 6) is -2.52. The number of methoxy groups -OCH3 is 3. The fourth-order valence-corrected chi connectivity index (χ4v) is 14.3. The molecule has 1 saturated carbocycles. The molecular weight excluding hydrogens is 777 g/mol. The topological polar surface area (TPSA) is 154 Å². The molecule has 2 bridgehead atoms. The predicted octanol–water partition coefficient (Wildman–Crippen LogP) is 4.20. The van der Waals surface area contributed by atoms with Crippen LogP contribution in [0.5, 0.6) is 0 Å². The van der Waals surface area contributed by atoms with E-state index < -0.39 is 63.6 Å². The molecule has 6 heterocycles. The fraction of sp³-hybridized carbons (Fsp3) is 0.646. The van der Waals surface area contributed by atoms with Crippen molar-refractivity contribution in [2.75, 3.05) is 61.1 Å². The number of aliphatic hydroxyl groups is 2. The number of likely N-dealkylation sites (N-methyl/N-ethyl adjacent to an activating group) is 1. The molecule has 12 atom stereocenters. The Labute approximate surface area is 359 Å². The number of aromatic amines is 1. The summed E-state index contributed by atoms with van der Waals surface area (Å²) in [5, 5.41) is 26.5. The summed E-state index contributed by atoms with van der Waals surface area (Å²) in [7, 11) is 6.29. The van der Waals surface area contributed by atoms with Crippen molar-refractivity contribution in [1.82, 2.24) is 19.7 Å². The number of nitrogens with zero attached hydrogens (tertiary/aromatic N) is 3. The van der Waals surface area contributed by atoms with Crippen LogP contribution in [-0.2, 0) is 51.6 Å². The number of aryl methyl sites for hydroxylation is 1. The van der Waals surface area contributed by atoms with E-state index in [9.17, 15) is 19.8 Å². The van der Waals surface area contributed by atoms with Crippen LogP contribution in [0.25, 0.3) is 10.9 Å². The van der Waals surface area contributed by atoms with Gasteiger partial charge in [0.25, 0.3) is 0 Å². The van der Waals surface area contributed by atoms with Gasteiger partial charge in [-0.05, 0) is 92.3 Å². The molecule has 0 amide bonds. The van der Waals surface area contributed by atoms with Crippen molar-refractivity contribution in [3.8, 4) is 0 Å². The molecular formula is C48H64N4O9. The number of benzene rings is 1. The van der Waals surface area contributed by atoms with E-state index in [1.54, 1.807) is 7.11 Å². The lowest BCUT2D eigenvalue weighted by molar-refractivity contribution is -0.243. The highest BCUT2D eigenvalue weighted by atomic mass is 16.6. The van der Waals surface area contributed by atoms with E-state index in [0.29, 0.717) is 58.2 Å². The molecule has 7 aliphatic rings. The maximum absolute atomic E-state index is 15.5. The number of allylic oxidation sites excluding steroid dienone is 1. The van der Waals surface area contributed by atoms with Gasteiger partial charge in [0.1, 0.15) is 5.41 Å². The van der Waals surface area contributed by atoms with Crippen molar-refractivity contribution in [2.24, 2.45) is 22.7 Å². The minimum absolute atomic E-state index is 0.0680. The molecule has 5 aliphatic heterocycles. The lowest BCUT2D eigenvalue weighted by Gasteiger charge is -2.63. The molecule has 1 spiro atoms. The van der Waals surface area contributed by atoms with Crippen LogP contribution in [0.2, 0.25) is 0 Å². The van der Waals surface area contributed by atoms with Crippen LogP contribution in [0.1, 0.15) is 76.6 Å². The Balaban J connectivity index is 1.34. The fourth-order valence-electron chi connectivity index (χ4n) is 14.3. The maximum Gasteiger partial charge on any atom is 0.344 e. The first kappa shape index (κ1) is 42.3. The molecule has 1 aromatic heterocycles. The zero-order valence-corrected chi connectivity index (χ0v) is 37.1. The zero-order valence-electron chi connectivity index (χ0n) is 37.1. The van der Waals surface area contributed by atoms with Crippen LogP contribution >= 0.6 is 0 Å². The zero-order chi connectivity index (χ0) is 43.4. The average Bonchev–Trinajstić information content (AvgIpc) is 3.92. The lowest BCUT2D eigenvalue weighted by atomic mass is 9.47. The molecule has 0 radical (unpaired) electrons. The number of piperidine rings is 1. The third kappa shape index (κ3) is 5.65. The molecule has 4 unspecified atom stereocenters. The van der Waals surface area contributed by atoms with Gasteiger partial charge >= 0.3 is 17.9 Å². The number of ether oxygens (including phenoxy) is 4. The molecule has 13 nitrogen and oxygen atoms in total. The van der Waals surface area contributed by atoms with Gasteiger partial charge < -0.3 is 39.0 Å². The van der Waals surface area contributed by atoms with Gasteiger partial charge in [-0.3, -0.25) is 19.4 Å². The standard InChI is InChI=1S/C48H64N4O9/c1-9-29-13-14-35-32(21-29)31-15-19-51-26-30(24-44(56,10-2)27-51)25-47(38(31)49-35,42(54)59-7)34-22-33-36(23-37(34)58-6)50(5)40-46(33)17-20-52-18-12-16-45(11-3,39(46)52)41(61-28(4)53)48(40,57)43(55)60-8/h12-14,16,21-23,30,34,37,39-41,49,56-57H,9-11,15,17-20,24-27H2,1-8H3/t30-,34?,37?,39?,40-,41-,44+,45-,46-,47+,48+/m1/s1. The second-order valence-electron chi connectivity index (χ2n) is 19.2. The van der Waals surface area contributed by atoms with Crippen molar-refractivity contribution in [3.63, 3.8) is 0 Å². The largest absolute Gasteiger partial charge is 0.468 e. The van der Waals surface area contributed by atoms with Crippen molar-refractivity contribution >= 4 is 28.8 Å². The molecule has 3 saturated heterocycles. The second-order valence-corrected chi connectivity index (χ2v) is 19.2. The van der Waals surface area contributed by atoms with Crippen molar-refractivity contribution in [3.05, 3.63) is 70.6 Å². The number of aromatic nitrogens is 1. The highest BCUT2D eigenvalue weighted by molar-refractivity contribution is 5.92. The maximum atomic E-state index is 15.5. The van der Waals surface area contributed by atoms with Gasteiger partial charge in [-0.1, -0.05) is 45.1 Å². The minimum atomic E-state index is -2.29. The second kappa shape index (κ2) is 14.8. The molecule has 9 rings (SSSR count). The number of likely N-dealkylation sites (tertiary alicyclic amines) is 1.